The zero-order chi connectivity index (χ0) is 14.9. The van der Waals surface area contributed by atoms with Gasteiger partial charge in [-0.05, 0) is 36.4 Å². The van der Waals surface area contributed by atoms with Gasteiger partial charge in [0.05, 0.1) is 29.6 Å². The number of halogens is 1. The lowest BCUT2D eigenvalue weighted by atomic mass is 10.2. The molecule has 22 heavy (non-hydrogen) atoms. The summed E-state index contributed by atoms with van der Waals surface area (Å²) in [4.78, 5) is 8.81. The maximum absolute atomic E-state index is 12.9. The van der Waals surface area contributed by atoms with Gasteiger partial charge in [-0.25, -0.2) is 14.4 Å². The summed E-state index contributed by atoms with van der Waals surface area (Å²) in [5.74, 6) is 0.208. The predicted molar refractivity (Wildman–Crippen MR) is 80.7 cm³/mol. The van der Waals surface area contributed by atoms with Crippen molar-refractivity contribution in [2.45, 2.75) is 6.54 Å². The van der Waals surface area contributed by atoms with Gasteiger partial charge in [-0.2, -0.15) is 0 Å². The minimum absolute atomic E-state index is 0.277. The van der Waals surface area contributed by atoms with Crippen molar-refractivity contribution in [3.63, 3.8) is 0 Å². The quantitative estimate of drug-likeness (QED) is 0.576. The van der Waals surface area contributed by atoms with Gasteiger partial charge in [-0.1, -0.05) is 12.1 Å². The van der Waals surface area contributed by atoms with Crippen molar-refractivity contribution < 1.29 is 8.81 Å². The third-order valence-corrected chi connectivity index (χ3v) is 3.50. The molecule has 0 spiro atoms. The van der Waals surface area contributed by atoms with Crippen molar-refractivity contribution in [3.05, 3.63) is 72.6 Å². The van der Waals surface area contributed by atoms with E-state index in [1.54, 1.807) is 24.7 Å². The number of benzene rings is 2. The molecule has 4 aromatic rings. The Bertz CT molecular complexity index is 924. The van der Waals surface area contributed by atoms with Gasteiger partial charge in [-0.3, -0.25) is 0 Å². The van der Waals surface area contributed by atoms with Gasteiger partial charge in [0.15, 0.2) is 0 Å². The second-order valence-corrected chi connectivity index (χ2v) is 5.01. The number of aromatic nitrogens is 3. The molecule has 0 atom stereocenters. The summed E-state index contributed by atoms with van der Waals surface area (Å²) in [5.41, 5.74) is 3.55. The molecule has 0 amide bonds. The summed E-state index contributed by atoms with van der Waals surface area (Å²) in [6.45, 7) is 0.575. The van der Waals surface area contributed by atoms with Crippen molar-refractivity contribution >= 4 is 11.0 Å². The van der Waals surface area contributed by atoms with Crippen LogP contribution in [0.25, 0.3) is 22.5 Å². The van der Waals surface area contributed by atoms with E-state index in [0.29, 0.717) is 12.4 Å². The Labute approximate surface area is 125 Å². The summed E-state index contributed by atoms with van der Waals surface area (Å²) in [6, 6.07) is 14.0. The molecule has 0 aliphatic carbocycles. The summed E-state index contributed by atoms with van der Waals surface area (Å²) in [7, 11) is 0. The van der Waals surface area contributed by atoms with Crippen LogP contribution in [0.3, 0.4) is 0 Å². The largest absolute Gasteiger partial charge is 0.444 e. The van der Waals surface area contributed by atoms with E-state index in [4.69, 9.17) is 4.42 Å². The van der Waals surface area contributed by atoms with E-state index in [1.807, 2.05) is 28.8 Å². The van der Waals surface area contributed by atoms with Gasteiger partial charge < -0.3 is 8.98 Å². The zero-order valence-electron chi connectivity index (χ0n) is 11.6. The maximum atomic E-state index is 12.9. The number of nitrogens with zero attached hydrogens (tertiary/aromatic N) is 3. The Hall–Kier alpha value is -2.95. The van der Waals surface area contributed by atoms with Gasteiger partial charge in [0, 0.05) is 5.56 Å². The number of para-hydroxylation sites is 2. The first-order valence-electron chi connectivity index (χ1n) is 6.90. The van der Waals surface area contributed by atoms with Gasteiger partial charge in [0.2, 0.25) is 5.89 Å². The highest BCUT2D eigenvalue weighted by Gasteiger charge is 2.09. The van der Waals surface area contributed by atoms with Crippen LogP contribution in [0, 0.1) is 5.82 Å². The maximum Gasteiger partial charge on any atom is 0.226 e. The first kappa shape index (κ1) is 12.8. The minimum Gasteiger partial charge on any atom is -0.444 e. The van der Waals surface area contributed by atoms with Gasteiger partial charge in [0.1, 0.15) is 12.1 Å². The highest BCUT2D eigenvalue weighted by atomic mass is 19.1. The molecule has 2 aromatic carbocycles. The van der Waals surface area contributed by atoms with E-state index in [9.17, 15) is 4.39 Å². The van der Waals surface area contributed by atoms with Crippen LogP contribution in [0.2, 0.25) is 0 Å². The third-order valence-electron chi connectivity index (χ3n) is 3.50. The van der Waals surface area contributed by atoms with Crippen LogP contribution in [0.4, 0.5) is 4.39 Å². The van der Waals surface area contributed by atoms with Crippen LogP contribution >= 0.6 is 0 Å². The molecule has 5 heteroatoms. The van der Waals surface area contributed by atoms with E-state index < -0.39 is 0 Å². The van der Waals surface area contributed by atoms with E-state index in [0.717, 1.165) is 22.3 Å². The highest BCUT2D eigenvalue weighted by molar-refractivity contribution is 5.75. The summed E-state index contributed by atoms with van der Waals surface area (Å²) < 4.78 is 20.4. The number of oxazole rings is 1. The molecule has 0 aliphatic heterocycles. The van der Waals surface area contributed by atoms with Crippen LogP contribution in [0.15, 0.2) is 65.5 Å². The summed E-state index contributed by atoms with van der Waals surface area (Å²) in [5, 5.41) is 0. The van der Waals surface area contributed by atoms with Crippen molar-refractivity contribution in [1.29, 1.82) is 0 Å². The van der Waals surface area contributed by atoms with Crippen LogP contribution in [0.1, 0.15) is 5.69 Å². The van der Waals surface area contributed by atoms with Gasteiger partial charge >= 0.3 is 0 Å². The Morgan fingerprint density at radius 3 is 2.73 bits per heavy atom. The molecule has 0 radical (unpaired) electrons. The molecule has 0 saturated carbocycles. The normalized spacial score (nSPS) is 11.1. The van der Waals surface area contributed by atoms with Crippen molar-refractivity contribution in [1.82, 2.24) is 14.5 Å². The first-order chi connectivity index (χ1) is 10.8. The monoisotopic (exact) mass is 293 g/mol. The zero-order valence-corrected chi connectivity index (χ0v) is 11.6. The molecule has 4 rings (SSSR count). The first-order valence-corrected chi connectivity index (χ1v) is 6.90. The van der Waals surface area contributed by atoms with Crippen LogP contribution < -0.4 is 0 Å². The average Bonchev–Trinajstić information content (AvgIpc) is 3.16. The van der Waals surface area contributed by atoms with Gasteiger partial charge in [-0.15, -0.1) is 0 Å². The molecule has 0 saturated heterocycles. The van der Waals surface area contributed by atoms with Gasteiger partial charge in [0.25, 0.3) is 0 Å². The molecule has 2 heterocycles. The average molecular weight is 293 g/mol. The smallest absolute Gasteiger partial charge is 0.226 e. The molecule has 4 nitrogen and oxygen atoms in total. The molecule has 0 fully saturated rings. The molecule has 0 bridgehead atoms. The number of rotatable bonds is 3. The van der Waals surface area contributed by atoms with Crippen LogP contribution in [-0.4, -0.2) is 14.5 Å². The lowest BCUT2D eigenvalue weighted by Crippen LogP contribution is -1.98. The molecule has 0 unspecified atom stereocenters. The highest BCUT2D eigenvalue weighted by Crippen LogP contribution is 2.20. The van der Waals surface area contributed by atoms with E-state index >= 15 is 0 Å². The number of fused-ring (bicyclic) bond motifs is 1. The second-order valence-electron chi connectivity index (χ2n) is 5.01. The Kier molecular flexibility index (Phi) is 2.96. The predicted octanol–water partition coefficient (Wildman–Crippen LogP) is 3.88. The van der Waals surface area contributed by atoms with Crippen LogP contribution in [0.5, 0.6) is 0 Å². The molecular weight excluding hydrogens is 281 g/mol. The fourth-order valence-electron chi connectivity index (χ4n) is 2.42. The SMILES string of the molecule is Fc1ccc(-c2nc(Cn3cnc4ccccc43)co2)cc1. The summed E-state index contributed by atoms with van der Waals surface area (Å²) in [6.07, 6.45) is 3.41. The van der Waals surface area contributed by atoms with Crippen LogP contribution in [-0.2, 0) is 6.54 Å². The molecule has 0 aliphatic rings. The van der Waals surface area contributed by atoms with E-state index in [1.165, 1.54) is 12.1 Å². The fourth-order valence-corrected chi connectivity index (χ4v) is 2.42. The van der Waals surface area contributed by atoms with Crippen molar-refractivity contribution in [2.75, 3.05) is 0 Å². The topological polar surface area (TPSA) is 43.9 Å². The van der Waals surface area contributed by atoms with Crippen molar-refractivity contribution in [2.24, 2.45) is 0 Å². The third kappa shape index (κ3) is 2.26. The molecule has 108 valence electrons. The Balaban J connectivity index is 1.63. The molecule has 0 N–H and O–H groups in total. The van der Waals surface area contributed by atoms with E-state index in [2.05, 4.69) is 9.97 Å². The fraction of sp³-hybridized carbons (Fsp3) is 0.0588. The second kappa shape index (κ2) is 5.11. The number of hydrogen-bond acceptors (Lipinski definition) is 3. The minimum atomic E-state index is -0.277. The number of hydrogen-bond donors (Lipinski definition) is 0. The van der Waals surface area contributed by atoms with Crippen molar-refractivity contribution in [3.8, 4) is 11.5 Å². The molecular formula is C17H12FN3O. The van der Waals surface area contributed by atoms with E-state index in [-0.39, 0.29) is 5.82 Å². The summed E-state index contributed by atoms with van der Waals surface area (Å²) >= 11 is 0. The lowest BCUT2D eigenvalue weighted by molar-refractivity contribution is 0.571. The molecule has 2 aromatic heterocycles. The number of imidazole rings is 1. The Morgan fingerprint density at radius 2 is 1.86 bits per heavy atom. The Morgan fingerprint density at radius 1 is 1.05 bits per heavy atom. The standard InChI is InChI=1S/C17H12FN3O/c18-13-7-5-12(6-8-13)17-20-14(10-22-17)9-21-11-19-15-3-1-2-4-16(15)21/h1-8,10-11H,9H2. The lowest BCUT2D eigenvalue weighted by Gasteiger charge is -2.00.